The van der Waals surface area contributed by atoms with Gasteiger partial charge in [0.05, 0.1) is 11.1 Å². The number of hydrogen-bond donors (Lipinski definition) is 1. The van der Waals surface area contributed by atoms with E-state index in [1.54, 1.807) is 24.3 Å². The van der Waals surface area contributed by atoms with Gasteiger partial charge in [-0.15, -0.1) is 0 Å². The van der Waals surface area contributed by atoms with Crippen molar-refractivity contribution < 1.29 is 9.58 Å². The Balaban J connectivity index is 2.73. The van der Waals surface area contributed by atoms with Gasteiger partial charge < -0.3 is 10.3 Å². The standard InChI is InChI=1S/C8H5N3O/c9-11-7-5-3-1-2-4-6(5)8(12)10-7/h1-4H,(H,10,12). The molecule has 1 aliphatic heterocycles. The second-order valence-electron chi connectivity index (χ2n) is 2.45. The molecule has 2 rings (SSSR count). The monoisotopic (exact) mass is 159 g/mol. The van der Waals surface area contributed by atoms with Crippen LogP contribution in [-0.2, 0) is 0 Å². The lowest BCUT2D eigenvalue weighted by molar-refractivity contribution is -0.00780. The molecule has 1 aromatic carbocycles. The molecule has 4 heteroatoms. The predicted octanol–water partition coefficient (Wildman–Crippen LogP) is 0.406. The molecule has 1 amide bonds. The SMILES string of the molecule is [N-]=[N+]=C1NC(=O)c2ccccc21. The van der Waals surface area contributed by atoms with Crippen molar-refractivity contribution in [3.63, 3.8) is 0 Å². The summed E-state index contributed by atoms with van der Waals surface area (Å²) in [5, 5.41) is 2.43. The molecule has 1 aromatic rings. The molecule has 0 saturated heterocycles. The van der Waals surface area contributed by atoms with Gasteiger partial charge in [-0.25, -0.2) is 4.79 Å². The van der Waals surface area contributed by atoms with E-state index in [0.717, 1.165) is 0 Å². The van der Waals surface area contributed by atoms with Gasteiger partial charge in [-0.2, -0.15) is 5.32 Å². The van der Waals surface area contributed by atoms with E-state index in [1.807, 2.05) is 0 Å². The molecular weight excluding hydrogens is 154 g/mol. The lowest BCUT2D eigenvalue weighted by Gasteiger charge is -1.86. The topological polar surface area (TPSA) is 65.5 Å². The second-order valence-corrected chi connectivity index (χ2v) is 2.45. The number of carbonyl (C=O) groups is 1. The molecule has 0 aliphatic carbocycles. The highest BCUT2D eigenvalue weighted by Gasteiger charge is 2.31. The van der Waals surface area contributed by atoms with Crippen molar-refractivity contribution in [2.75, 3.05) is 0 Å². The van der Waals surface area contributed by atoms with Gasteiger partial charge >= 0.3 is 11.7 Å². The number of carbonyl (C=O) groups excluding carboxylic acids is 1. The number of hydrogen-bond acceptors (Lipinski definition) is 1. The van der Waals surface area contributed by atoms with E-state index in [2.05, 4.69) is 10.1 Å². The number of nitrogens with one attached hydrogen (secondary N) is 1. The summed E-state index contributed by atoms with van der Waals surface area (Å²) in [5.74, 6) is -0.00556. The molecule has 0 bridgehead atoms. The molecule has 0 radical (unpaired) electrons. The highest BCUT2D eigenvalue weighted by molar-refractivity contribution is 6.21. The average Bonchev–Trinajstić information content (AvgIpc) is 2.44. The summed E-state index contributed by atoms with van der Waals surface area (Å²) in [6.45, 7) is 0. The molecule has 0 spiro atoms. The number of benzene rings is 1. The summed E-state index contributed by atoms with van der Waals surface area (Å²) in [7, 11) is 0. The van der Waals surface area contributed by atoms with Crippen LogP contribution in [0.15, 0.2) is 24.3 Å². The predicted molar refractivity (Wildman–Crippen MR) is 41.6 cm³/mol. The molecule has 58 valence electrons. The van der Waals surface area contributed by atoms with Crippen LogP contribution >= 0.6 is 0 Å². The molecular formula is C8H5N3O. The fourth-order valence-corrected chi connectivity index (χ4v) is 1.21. The lowest BCUT2D eigenvalue weighted by atomic mass is 10.1. The summed E-state index contributed by atoms with van der Waals surface area (Å²) in [6, 6.07) is 6.95. The third-order valence-electron chi connectivity index (χ3n) is 1.76. The van der Waals surface area contributed by atoms with Gasteiger partial charge in [0.2, 0.25) is 0 Å². The maximum Gasteiger partial charge on any atom is 0.368 e. The van der Waals surface area contributed by atoms with Crippen LogP contribution in [0.4, 0.5) is 0 Å². The van der Waals surface area contributed by atoms with Crippen molar-refractivity contribution in [2.24, 2.45) is 0 Å². The van der Waals surface area contributed by atoms with E-state index >= 15 is 0 Å². The molecule has 0 unspecified atom stereocenters. The minimum Gasteiger partial charge on any atom is -0.497 e. The number of fused-ring (bicyclic) bond motifs is 1. The zero-order chi connectivity index (χ0) is 8.55. The summed E-state index contributed by atoms with van der Waals surface area (Å²) in [5.41, 5.74) is 9.69. The van der Waals surface area contributed by atoms with Crippen LogP contribution in [0.2, 0.25) is 0 Å². The highest BCUT2D eigenvalue weighted by Crippen LogP contribution is 2.13. The molecule has 0 saturated carbocycles. The van der Waals surface area contributed by atoms with Gasteiger partial charge in [-0.05, 0) is 12.1 Å². The Morgan fingerprint density at radius 2 is 1.92 bits per heavy atom. The van der Waals surface area contributed by atoms with Gasteiger partial charge in [-0.3, -0.25) is 0 Å². The molecule has 0 aromatic heterocycles. The molecule has 1 N–H and O–H groups in total. The van der Waals surface area contributed by atoms with E-state index in [0.29, 0.717) is 11.1 Å². The van der Waals surface area contributed by atoms with Crippen molar-refractivity contribution in [3.8, 4) is 0 Å². The minimum absolute atomic E-state index is 0.218. The summed E-state index contributed by atoms with van der Waals surface area (Å²) < 4.78 is 0. The smallest absolute Gasteiger partial charge is 0.368 e. The largest absolute Gasteiger partial charge is 0.497 e. The number of rotatable bonds is 0. The Labute approximate surface area is 68.4 Å². The number of amides is 1. The first-order valence-corrected chi connectivity index (χ1v) is 3.46. The van der Waals surface area contributed by atoms with Gasteiger partial charge in [-0.1, -0.05) is 12.1 Å². The maximum absolute atomic E-state index is 11.1. The first-order valence-electron chi connectivity index (χ1n) is 3.46. The average molecular weight is 159 g/mol. The first kappa shape index (κ1) is 6.76. The Morgan fingerprint density at radius 1 is 1.25 bits per heavy atom. The molecule has 4 nitrogen and oxygen atoms in total. The van der Waals surface area contributed by atoms with Gasteiger partial charge in [0.1, 0.15) is 0 Å². The first-order chi connectivity index (χ1) is 5.83. The van der Waals surface area contributed by atoms with E-state index in [9.17, 15) is 4.79 Å². The van der Waals surface area contributed by atoms with Gasteiger partial charge in [0, 0.05) is 0 Å². The Morgan fingerprint density at radius 3 is 2.58 bits per heavy atom. The van der Waals surface area contributed by atoms with Crippen LogP contribution in [-0.4, -0.2) is 16.5 Å². The molecule has 1 heterocycles. The van der Waals surface area contributed by atoms with Crippen LogP contribution in [0.1, 0.15) is 15.9 Å². The van der Waals surface area contributed by atoms with Crippen molar-refractivity contribution in [3.05, 3.63) is 40.9 Å². The molecule has 0 fully saturated rings. The summed E-state index contributed by atoms with van der Waals surface area (Å²) in [6.07, 6.45) is 0. The Bertz CT molecular complexity index is 405. The summed E-state index contributed by atoms with van der Waals surface area (Å²) >= 11 is 0. The van der Waals surface area contributed by atoms with Crippen molar-refractivity contribution >= 4 is 11.7 Å². The normalized spacial score (nSPS) is 13.7. The van der Waals surface area contributed by atoms with Crippen LogP contribution in [0.5, 0.6) is 0 Å². The third-order valence-corrected chi connectivity index (χ3v) is 1.76. The second kappa shape index (κ2) is 2.29. The minimum atomic E-state index is -0.224. The van der Waals surface area contributed by atoms with E-state index < -0.39 is 0 Å². The van der Waals surface area contributed by atoms with Crippen LogP contribution in [0.25, 0.3) is 5.53 Å². The maximum atomic E-state index is 11.1. The molecule has 12 heavy (non-hydrogen) atoms. The van der Waals surface area contributed by atoms with Crippen molar-refractivity contribution in [2.45, 2.75) is 0 Å². The fraction of sp³-hybridized carbons (Fsp3) is 0. The van der Waals surface area contributed by atoms with Gasteiger partial charge in [0.25, 0.3) is 0 Å². The quantitative estimate of drug-likeness (QED) is 0.432. The summed E-state index contributed by atoms with van der Waals surface area (Å²) in [4.78, 5) is 14.1. The Kier molecular flexibility index (Phi) is 1.29. The van der Waals surface area contributed by atoms with Gasteiger partial charge in [0.15, 0.2) is 0 Å². The van der Waals surface area contributed by atoms with Crippen LogP contribution < -0.4 is 5.32 Å². The van der Waals surface area contributed by atoms with E-state index in [4.69, 9.17) is 5.53 Å². The number of amidine groups is 1. The lowest BCUT2D eigenvalue weighted by Crippen LogP contribution is -2.21. The van der Waals surface area contributed by atoms with E-state index in [-0.39, 0.29) is 11.7 Å². The zero-order valence-corrected chi connectivity index (χ0v) is 6.11. The highest BCUT2D eigenvalue weighted by atomic mass is 16.2. The molecule has 1 aliphatic rings. The third kappa shape index (κ3) is 0.758. The molecule has 0 atom stereocenters. The van der Waals surface area contributed by atoms with Crippen molar-refractivity contribution in [1.82, 2.24) is 5.32 Å². The Hall–Kier alpha value is -1.93. The number of nitrogens with zero attached hydrogens (tertiary/aromatic N) is 2. The fourth-order valence-electron chi connectivity index (χ4n) is 1.21. The van der Waals surface area contributed by atoms with Crippen LogP contribution in [0.3, 0.4) is 0 Å². The van der Waals surface area contributed by atoms with E-state index in [1.165, 1.54) is 0 Å². The van der Waals surface area contributed by atoms with Crippen molar-refractivity contribution in [1.29, 1.82) is 0 Å². The van der Waals surface area contributed by atoms with Crippen LogP contribution in [0, 0.1) is 0 Å². The zero-order valence-electron chi connectivity index (χ0n) is 6.11.